The van der Waals surface area contributed by atoms with Crippen molar-refractivity contribution in [2.45, 2.75) is 13.5 Å². The minimum Gasteiger partial charge on any atom is -0.289 e. The fourth-order valence-corrected chi connectivity index (χ4v) is 4.36. The Morgan fingerprint density at radius 2 is 2.03 bits per heavy atom. The zero-order valence-corrected chi connectivity index (χ0v) is 17.6. The van der Waals surface area contributed by atoms with Crippen LogP contribution in [0.1, 0.15) is 10.4 Å². The van der Waals surface area contributed by atoms with Crippen molar-refractivity contribution in [1.29, 1.82) is 0 Å². The average molecular weight is 437 g/mol. The standard InChI is InChI=1S/C22H17ClN4O2S/c1-14-19(16-7-3-2-4-8-16)20-21(30-14)24-13-27(22(20)29)12-18(28)26-25-11-15-6-5-9-17(23)10-15/h2-11,13H,12H2,1H3,(H,26,28). The van der Waals surface area contributed by atoms with Crippen LogP contribution in [-0.4, -0.2) is 21.7 Å². The van der Waals surface area contributed by atoms with Crippen LogP contribution in [0.3, 0.4) is 0 Å². The van der Waals surface area contributed by atoms with Crippen LogP contribution in [0.15, 0.2) is 70.8 Å². The predicted molar refractivity (Wildman–Crippen MR) is 121 cm³/mol. The molecule has 4 aromatic rings. The van der Waals surface area contributed by atoms with E-state index < -0.39 is 5.91 Å². The molecule has 0 unspecified atom stereocenters. The second-order valence-electron chi connectivity index (χ2n) is 6.61. The molecule has 0 fully saturated rings. The molecule has 0 saturated carbocycles. The highest BCUT2D eigenvalue weighted by atomic mass is 35.5. The van der Waals surface area contributed by atoms with Gasteiger partial charge in [-0.3, -0.25) is 14.2 Å². The molecule has 0 bridgehead atoms. The number of nitrogens with zero attached hydrogens (tertiary/aromatic N) is 3. The van der Waals surface area contributed by atoms with Crippen LogP contribution in [0.4, 0.5) is 0 Å². The van der Waals surface area contributed by atoms with Crippen molar-refractivity contribution in [2.24, 2.45) is 5.10 Å². The van der Waals surface area contributed by atoms with Gasteiger partial charge in [-0.15, -0.1) is 11.3 Å². The van der Waals surface area contributed by atoms with Crippen LogP contribution < -0.4 is 11.0 Å². The lowest BCUT2D eigenvalue weighted by molar-refractivity contribution is -0.121. The molecule has 2 heterocycles. The highest BCUT2D eigenvalue weighted by molar-refractivity contribution is 7.19. The number of carbonyl (C=O) groups excluding carboxylic acids is 1. The van der Waals surface area contributed by atoms with Crippen molar-refractivity contribution in [1.82, 2.24) is 15.0 Å². The quantitative estimate of drug-likeness (QED) is 0.375. The molecule has 2 aromatic carbocycles. The minimum absolute atomic E-state index is 0.183. The van der Waals surface area contributed by atoms with Gasteiger partial charge in [0.1, 0.15) is 11.4 Å². The van der Waals surface area contributed by atoms with Gasteiger partial charge in [-0.25, -0.2) is 10.4 Å². The van der Waals surface area contributed by atoms with E-state index in [1.807, 2.05) is 43.3 Å². The van der Waals surface area contributed by atoms with E-state index in [0.717, 1.165) is 21.6 Å². The van der Waals surface area contributed by atoms with Crippen molar-refractivity contribution < 1.29 is 4.79 Å². The highest BCUT2D eigenvalue weighted by Gasteiger charge is 2.17. The number of fused-ring (bicyclic) bond motifs is 1. The van der Waals surface area contributed by atoms with Crippen molar-refractivity contribution in [2.75, 3.05) is 0 Å². The van der Waals surface area contributed by atoms with E-state index in [-0.39, 0.29) is 12.1 Å². The van der Waals surface area contributed by atoms with E-state index in [9.17, 15) is 9.59 Å². The van der Waals surface area contributed by atoms with E-state index in [4.69, 9.17) is 11.6 Å². The number of hydrogen-bond acceptors (Lipinski definition) is 5. The predicted octanol–water partition coefficient (Wildman–Crippen LogP) is 4.24. The summed E-state index contributed by atoms with van der Waals surface area (Å²) in [6.45, 7) is 1.79. The molecule has 6 nitrogen and oxygen atoms in total. The molecular formula is C22H17ClN4O2S. The summed E-state index contributed by atoms with van der Waals surface area (Å²) in [7, 11) is 0. The zero-order chi connectivity index (χ0) is 21.1. The molecule has 1 N–H and O–H groups in total. The van der Waals surface area contributed by atoms with Crippen LogP contribution >= 0.6 is 22.9 Å². The van der Waals surface area contributed by atoms with E-state index in [0.29, 0.717) is 15.2 Å². The van der Waals surface area contributed by atoms with Gasteiger partial charge in [0, 0.05) is 15.5 Å². The maximum atomic E-state index is 13.1. The lowest BCUT2D eigenvalue weighted by Crippen LogP contribution is -2.30. The SMILES string of the molecule is Cc1sc2ncn(CC(=O)NN=Cc3cccc(Cl)c3)c(=O)c2c1-c1ccccc1. The summed E-state index contributed by atoms with van der Waals surface area (Å²) in [5.41, 5.74) is 4.74. The maximum absolute atomic E-state index is 13.1. The third kappa shape index (κ3) is 4.17. The second kappa shape index (κ2) is 8.61. The summed E-state index contributed by atoms with van der Waals surface area (Å²) >= 11 is 7.39. The Morgan fingerprint density at radius 3 is 2.80 bits per heavy atom. The number of amides is 1. The number of aromatic nitrogens is 2. The molecule has 2 aromatic heterocycles. The van der Waals surface area contributed by atoms with Gasteiger partial charge in [0.15, 0.2) is 0 Å². The van der Waals surface area contributed by atoms with Crippen molar-refractivity contribution >= 4 is 45.3 Å². The van der Waals surface area contributed by atoms with Gasteiger partial charge in [-0.05, 0) is 30.2 Å². The Morgan fingerprint density at radius 1 is 1.23 bits per heavy atom. The number of nitrogens with one attached hydrogen (secondary N) is 1. The normalized spacial score (nSPS) is 11.3. The van der Waals surface area contributed by atoms with E-state index in [2.05, 4.69) is 15.5 Å². The summed E-state index contributed by atoms with van der Waals surface area (Å²) in [6.07, 6.45) is 2.89. The summed E-state index contributed by atoms with van der Waals surface area (Å²) in [5, 5.41) is 5.03. The molecule has 30 heavy (non-hydrogen) atoms. The molecule has 1 amide bonds. The van der Waals surface area contributed by atoms with Gasteiger partial charge >= 0.3 is 0 Å². The third-order valence-electron chi connectivity index (χ3n) is 4.48. The van der Waals surface area contributed by atoms with Gasteiger partial charge < -0.3 is 0 Å². The lowest BCUT2D eigenvalue weighted by atomic mass is 10.0. The first kappa shape index (κ1) is 20.0. The Balaban J connectivity index is 1.58. The number of rotatable bonds is 5. The topological polar surface area (TPSA) is 76.3 Å². The van der Waals surface area contributed by atoms with E-state index >= 15 is 0 Å². The number of benzene rings is 2. The molecule has 0 spiro atoms. The minimum atomic E-state index is -0.426. The maximum Gasteiger partial charge on any atom is 0.263 e. The Hall–Kier alpha value is -3.29. The van der Waals surface area contributed by atoms with Gasteiger partial charge in [0.2, 0.25) is 0 Å². The molecule has 4 rings (SSSR count). The van der Waals surface area contributed by atoms with Gasteiger partial charge in [-0.1, -0.05) is 54.1 Å². The fourth-order valence-electron chi connectivity index (χ4n) is 3.16. The summed E-state index contributed by atoms with van der Waals surface area (Å²) in [5.74, 6) is -0.426. The fraction of sp³-hybridized carbons (Fsp3) is 0.0909. The first-order valence-electron chi connectivity index (χ1n) is 9.14. The Kier molecular flexibility index (Phi) is 5.74. The Labute approximate surface area is 181 Å². The van der Waals surface area contributed by atoms with Crippen LogP contribution in [0, 0.1) is 6.92 Å². The highest BCUT2D eigenvalue weighted by Crippen LogP contribution is 2.35. The molecule has 0 atom stereocenters. The number of aryl methyl sites for hydroxylation is 1. The van der Waals surface area contributed by atoms with Crippen molar-refractivity contribution in [3.63, 3.8) is 0 Å². The first-order chi connectivity index (χ1) is 14.5. The number of thiophene rings is 1. The van der Waals surface area contributed by atoms with Crippen LogP contribution in [0.25, 0.3) is 21.3 Å². The van der Waals surface area contributed by atoms with Crippen LogP contribution in [-0.2, 0) is 11.3 Å². The molecule has 150 valence electrons. The summed E-state index contributed by atoms with van der Waals surface area (Å²) < 4.78 is 1.30. The monoisotopic (exact) mass is 436 g/mol. The first-order valence-corrected chi connectivity index (χ1v) is 10.3. The number of halogens is 1. The molecule has 0 saturated heterocycles. The van der Waals surface area contributed by atoms with Crippen molar-refractivity contribution in [3.05, 3.63) is 86.7 Å². The third-order valence-corrected chi connectivity index (χ3v) is 5.73. The molecule has 8 heteroatoms. The number of carbonyl (C=O) groups is 1. The number of hydrazone groups is 1. The number of hydrogen-bond donors (Lipinski definition) is 1. The molecule has 0 aliphatic carbocycles. The van der Waals surface area contributed by atoms with Gasteiger partial charge in [0.25, 0.3) is 11.5 Å². The van der Waals surface area contributed by atoms with Crippen LogP contribution in [0.2, 0.25) is 5.02 Å². The zero-order valence-electron chi connectivity index (χ0n) is 16.0. The smallest absolute Gasteiger partial charge is 0.263 e. The molecular weight excluding hydrogens is 420 g/mol. The molecule has 0 aliphatic heterocycles. The molecule has 0 aliphatic rings. The van der Waals surface area contributed by atoms with E-state index in [1.165, 1.54) is 28.4 Å². The van der Waals surface area contributed by atoms with Gasteiger partial charge in [0.05, 0.1) is 17.9 Å². The largest absolute Gasteiger partial charge is 0.289 e. The van der Waals surface area contributed by atoms with Crippen molar-refractivity contribution in [3.8, 4) is 11.1 Å². The van der Waals surface area contributed by atoms with E-state index in [1.54, 1.807) is 18.2 Å². The second-order valence-corrected chi connectivity index (χ2v) is 8.24. The van der Waals surface area contributed by atoms with Gasteiger partial charge in [-0.2, -0.15) is 5.10 Å². The lowest BCUT2D eigenvalue weighted by Gasteiger charge is -2.06. The Bertz CT molecular complexity index is 1310. The van der Waals surface area contributed by atoms with Crippen LogP contribution in [0.5, 0.6) is 0 Å². The average Bonchev–Trinajstić information content (AvgIpc) is 3.07. The molecule has 0 radical (unpaired) electrons. The summed E-state index contributed by atoms with van der Waals surface area (Å²) in [4.78, 5) is 31.4. The summed E-state index contributed by atoms with van der Waals surface area (Å²) in [6, 6.07) is 16.8.